The second-order valence-corrected chi connectivity index (χ2v) is 5.50. The van der Waals surface area contributed by atoms with Crippen molar-refractivity contribution in [3.8, 4) is 0 Å². The maximum Gasteiger partial charge on any atom is 0.270 e. The normalized spacial score (nSPS) is 11.1. The molecule has 4 nitrogen and oxygen atoms in total. The lowest BCUT2D eigenvalue weighted by Gasteiger charge is -2.14. The van der Waals surface area contributed by atoms with Gasteiger partial charge in [-0.15, -0.1) is 11.3 Å². The van der Waals surface area contributed by atoms with Gasteiger partial charge in [0.25, 0.3) is 5.91 Å². The van der Waals surface area contributed by atoms with Crippen molar-refractivity contribution in [3.05, 3.63) is 46.9 Å². The first kappa shape index (κ1) is 12.0. The number of furan rings is 1. The number of fused-ring (bicyclic) bond motifs is 1. The summed E-state index contributed by atoms with van der Waals surface area (Å²) in [4.78, 5) is 17.1. The molecule has 0 radical (unpaired) electrons. The van der Waals surface area contributed by atoms with Gasteiger partial charge >= 0.3 is 0 Å². The third-order valence-electron chi connectivity index (χ3n) is 3.01. The lowest BCUT2D eigenvalue weighted by atomic mass is 10.3. The van der Waals surface area contributed by atoms with Crippen molar-refractivity contribution in [3.63, 3.8) is 0 Å². The van der Waals surface area contributed by atoms with Gasteiger partial charge in [-0.25, -0.2) is 0 Å². The van der Waals surface area contributed by atoms with Crippen LogP contribution in [0.15, 0.2) is 34.1 Å². The summed E-state index contributed by atoms with van der Waals surface area (Å²) in [6.45, 7) is 2.36. The Balaban J connectivity index is 1.77. The SMILES string of the molecule is Cc1ccc(CN(C)C(=O)c2cc3sccc3[nH]2)o1. The highest BCUT2D eigenvalue weighted by Crippen LogP contribution is 2.22. The van der Waals surface area contributed by atoms with Crippen LogP contribution in [0.4, 0.5) is 0 Å². The Morgan fingerprint density at radius 3 is 2.95 bits per heavy atom. The maximum absolute atomic E-state index is 12.3. The summed E-state index contributed by atoms with van der Waals surface area (Å²) >= 11 is 1.62. The number of hydrogen-bond acceptors (Lipinski definition) is 3. The molecule has 3 aromatic heterocycles. The molecule has 0 aliphatic carbocycles. The van der Waals surface area contributed by atoms with E-state index in [9.17, 15) is 4.79 Å². The number of H-pyrrole nitrogens is 1. The average molecular weight is 274 g/mol. The van der Waals surface area contributed by atoms with Crippen LogP contribution in [0.1, 0.15) is 22.0 Å². The zero-order valence-corrected chi connectivity index (χ0v) is 11.6. The van der Waals surface area contributed by atoms with E-state index in [-0.39, 0.29) is 5.91 Å². The largest absolute Gasteiger partial charge is 0.464 e. The summed E-state index contributed by atoms with van der Waals surface area (Å²) in [6, 6.07) is 7.67. The average Bonchev–Trinajstić information content (AvgIpc) is 3.03. The van der Waals surface area contributed by atoms with Crippen LogP contribution in [0.3, 0.4) is 0 Å². The highest BCUT2D eigenvalue weighted by Gasteiger charge is 2.16. The van der Waals surface area contributed by atoms with E-state index >= 15 is 0 Å². The fourth-order valence-corrected chi connectivity index (χ4v) is 2.83. The lowest BCUT2D eigenvalue weighted by molar-refractivity contribution is 0.0770. The first-order valence-corrected chi connectivity index (χ1v) is 6.88. The Kier molecular flexibility index (Phi) is 2.91. The molecule has 19 heavy (non-hydrogen) atoms. The van der Waals surface area contributed by atoms with Gasteiger partial charge in [0.15, 0.2) is 0 Å². The van der Waals surface area contributed by atoms with E-state index in [4.69, 9.17) is 4.42 Å². The molecular weight excluding hydrogens is 260 g/mol. The molecule has 0 saturated carbocycles. The lowest BCUT2D eigenvalue weighted by Crippen LogP contribution is -2.26. The minimum Gasteiger partial charge on any atom is -0.464 e. The third kappa shape index (κ3) is 2.29. The molecule has 3 aromatic rings. The first-order chi connectivity index (χ1) is 9.13. The molecule has 5 heteroatoms. The Morgan fingerprint density at radius 1 is 1.42 bits per heavy atom. The Hall–Kier alpha value is -2.01. The summed E-state index contributed by atoms with van der Waals surface area (Å²) in [5, 5.41) is 2.00. The maximum atomic E-state index is 12.3. The summed E-state index contributed by atoms with van der Waals surface area (Å²) in [6.07, 6.45) is 0. The van der Waals surface area contributed by atoms with Crippen LogP contribution < -0.4 is 0 Å². The predicted octanol–water partition coefficient (Wildman–Crippen LogP) is 3.40. The van der Waals surface area contributed by atoms with Crippen molar-refractivity contribution < 1.29 is 9.21 Å². The van der Waals surface area contributed by atoms with Crippen molar-refractivity contribution >= 4 is 27.5 Å². The van der Waals surface area contributed by atoms with Gasteiger partial charge in [0, 0.05) is 7.05 Å². The van der Waals surface area contributed by atoms with E-state index in [2.05, 4.69) is 4.98 Å². The molecule has 0 saturated heterocycles. The van der Waals surface area contributed by atoms with Crippen LogP contribution >= 0.6 is 11.3 Å². The fourth-order valence-electron chi connectivity index (χ4n) is 2.04. The van der Waals surface area contributed by atoms with Gasteiger partial charge in [-0.1, -0.05) is 0 Å². The molecule has 3 heterocycles. The van der Waals surface area contributed by atoms with Gasteiger partial charge in [0.05, 0.1) is 16.8 Å². The van der Waals surface area contributed by atoms with Gasteiger partial charge < -0.3 is 14.3 Å². The minimum absolute atomic E-state index is 0.0301. The van der Waals surface area contributed by atoms with Crippen molar-refractivity contribution in [1.82, 2.24) is 9.88 Å². The number of thiophene rings is 1. The van der Waals surface area contributed by atoms with Crippen molar-refractivity contribution in [2.45, 2.75) is 13.5 Å². The Labute approximate surface area is 114 Å². The second-order valence-electron chi connectivity index (χ2n) is 4.56. The van der Waals surface area contributed by atoms with E-state index in [1.54, 1.807) is 23.3 Å². The number of aryl methyl sites for hydroxylation is 1. The topological polar surface area (TPSA) is 49.2 Å². The Bertz CT molecular complexity index is 694. The number of nitrogens with zero attached hydrogens (tertiary/aromatic N) is 1. The fraction of sp³-hybridized carbons (Fsp3) is 0.214. The van der Waals surface area contributed by atoms with Crippen LogP contribution in [0, 0.1) is 6.92 Å². The van der Waals surface area contributed by atoms with E-state index in [1.165, 1.54) is 0 Å². The third-order valence-corrected chi connectivity index (χ3v) is 3.87. The summed E-state index contributed by atoms with van der Waals surface area (Å²) < 4.78 is 6.58. The molecule has 98 valence electrons. The number of hydrogen-bond donors (Lipinski definition) is 1. The molecule has 1 amide bonds. The van der Waals surface area contributed by atoms with Crippen LogP contribution in [0.2, 0.25) is 0 Å². The summed E-state index contributed by atoms with van der Waals surface area (Å²) in [5.41, 5.74) is 1.63. The highest BCUT2D eigenvalue weighted by molar-refractivity contribution is 7.17. The number of aromatic nitrogens is 1. The standard InChI is InChI=1S/C14H14N2O2S/c1-9-3-4-10(18-9)8-16(2)14(17)12-7-13-11(15-12)5-6-19-13/h3-7,15H,8H2,1-2H3. The highest BCUT2D eigenvalue weighted by atomic mass is 32.1. The quantitative estimate of drug-likeness (QED) is 0.795. The number of carbonyl (C=O) groups excluding carboxylic acids is 1. The molecule has 3 rings (SSSR count). The monoisotopic (exact) mass is 274 g/mol. The van der Waals surface area contributed by atoms with E-state index in [0.29, 0.717) is 12.2 Å². The van der Waals surface area contributed by atoms with Crippen LogP contribution in [0.25, 0.3) is 10.2 Å². The van der Waals surface area contributed by atoms with Gasteiger partial charge in [0.1, 0.15) is 17.2 Å². The van der Waals surface area contributed by atoms with E-state index < -0.39 is 0 Å². The van der Waals surface area contributed by atoms with Gasteiger partial charge in [-0.3, -0.25) is 4.79 Å². The van der Waals surface area contributed by atoms with Crippen LogP contribution in [-0.2, 0) is 6.54 Å². The molecule has 0 bridgehead atoms. The molecule has 0 fully saturated rings. The van der Waals surface area contributed by atoms with E-state index in [1.807, 2.05) is 36.6 Å². The molecule has 0 aliphatic heterocycles. The molecule has 0 aromatic carbocycles. The Morgan fingerprint density at radius 2 is 2.26 bits per heavy atom. The van der Waals surface area contributed by atoms with Crippen molar-refractivity contribution in [2.75, 3.05) is 7.05 Å². The van der Waals surface area contributed by atoms with Crippen LogP contribution in [-0.4, -0.2) is 22.8 Å². The number of nitrogens with one attached hydrogen (secondary N) is 1. The molecule has 0 unspecified atom stereocenters. The van der Waals surface area contributed by atoms with Crippen LogP contribution in [0.5, 0.6) is 0 Å². The minimum atomic E-state index is -0.0301. The number of amides is 1. The van der Waals surface area contributed by atoms with E-state index in [0.717, 1.165) is 21.7 Å². The summed E-state index contributed by atoms with van der Waals surface area (Å²) in [5.74, 6) is 1.62. The van der Waals surface area contributed by atoms with Gasteiger partial charge in [-0.2, -0.15) is 0 Å². The number of aromatic amines is 1. The smallest absolute Gasteiger partial charge is 0.270 e. The number of carbonyl (C=O) groups is 1. The molecule has 0 atom stereocenters. The van der Waals surface area contributed by atoms with Crippen molar-refractivity contribution in [1.29, 1.82) is 0 Å². The molecular formula is C14H14N2O2S. The number of rotatable bonds is 3. The molecule has 0 aliphatic rings. The van der Waals surface area contributed by atoms with Crippen molar-refractivity contribution in [2.24, 2.45) is 0 Å². The zero-order chi connectivity index (χ0) is 13.4. The first-order valence-electron chi connectivity index (χ1n) is 6.00. The van der Waals surface area contributed by atoms with Gasteiger partial charge in [-0.05, 0) is 36.6 Å². The molecule has 0 spiro atoms. The molecule has 1 N–H and O–H groups in total. The predicted molar refractivity (Wildman–Crippen MR) is 75.4 cm³/mol. The van der Waals surface area contributed by atoms with Gasteiger partial charge in [0.2, 0.25) is 0 Å². The second kappa shape index (κ2) is 4.59. The zero-order valence-electron chi connectivity index (χ0n) is 10.8. The summed E-state index contributed by atoms with van der Waals surface area (Å²) in [7, 11) is 1.77.